The molecule has 0 aromatic rings. The van der Waals surface area contributed by atoms with E-state index >= 15 is 0 Å². The van der Waals surface area contributed by atoms with Crippen molar-refractivity contribution in [3.8, 4) is 0 Å². The molecule has 0 heterocycles. The number of ether oxygens (including phenoxy) is 1. The molecule has 1 unspecified atom stereocenters. The Labute approximate surface area is 320 Å². The zero-order valence-corrected chi connectivity index (χ0v) is 34.5. The maximum Gasteiger partial charge on any atom is 0.407 e. The van der Waals surface area contributed by atoms with Gasteiger partial charge in [0.1, 0.15) is 13.2 Å². The Kier molecular flexibility index (Phi) is 42.4. The van der Waals surface area contributed by atoms with E-state index in [4.69, 9.17) is 24.7 Å². The van der Waals surface area contributed by atoms with Crippen LogP contribution in [0.4, 0.5) is 9.59 Å². The second-order valence-electron chi connectivity index (χ2n) is 8.05. The summed E-state index contributed by atoms with van der Waals surface area (Å²) in [6.07, 6.45) is 0.903. The number of alkyl carbamates (subject to hydrolysis) is 1. The van der Waals surface area contributed by atoms with Crippen LogP contribution in [0.3, 0.4) is 0 Å². The number of carbonyl (C=O) groups is 2. The molecule has 2 amide bonds. The Morgan fingerprint density at radius 3 is 2.00 bits per heavy atom. The first-order chi connectivity index (χ1) is 23.1. The average molecular weight is 853 g/mol. The summed E-state index contributed by atoms with van der Waals surface area (Å²) in [5.41, 5.74) is 1.52. The Morgan fingerprint density at radius 2 is 1.30 bits per heavy atom. The third kappa shape index (κ3) is 41.4. The molecule has 0 aromatic carbocycles. The van der Waals surface area contributed by atoms with Gasteiger partial charge in [-0.15, -0.1) is 70.6 Å². The Balaban J connectivity index is 3.39. The summed E-state index contributed by atoms with van der Waals surface area (Å²) in [5, 5.41) is 26.7. The summed E-state index contributed by atoms with van der Waals surface area (Å²) in [5.74, 6) is 6.17. The van der Waals surface area contributed by atoms with Crippen molar-refractivity contribution in [1.82, 2.24) is 10.6 Å². The van der Waals surface area contributed by atoms with Gasteiger partial charge in [0, 0.05) is 86.0 Å². The smallest absolute Gasteiger partial charge is 0.407 e. The topological polar surface area (TPSA) is 168 Å². The minimum absolute atomic E-state index is 0.0240. The van der Waals surface area contributed by atoms with Crippen LogP contribution in [0.25, 0.3) is 0 Å². The fourth-order valence-electron chi connectivity index (χ4n) is 2.39. The zero-order chi connectivity index (χ0) is 34.3. The molecule has 47 heavy (non-hydrogen) atoms. The highest BCUT2D eigenvalue weighted by molar-refractivity contribution is 8.28. The van der Waals surface area contributed by atoms with Gasteiger partial charge in [0.15, 0.2) is 0 Å². The van der Waals surface area contributed by atoms with E-state index in [1.165, 1.54) is 23.7 Å². The molecule has 0 aromatic heterocycles. The molecule has 22 heteroatoms. The van der Waals surface area contributed by atoms with Crippen LogP contribution in [0.5, 0.6) is 0 Å². The minimum Gasteiger partial charge on any atom is -0.449 e. The zero-order valence-electron chi connectivity index (χ0n) is 26.3. The third-order valence-electron chi connectivity index (χ3n) is 4.35. The van der Waals surface area contributed by atoms with Crippen LogP contribution in [0, 0.1) is 0 Å². The number of rotatable bonds is 35. The van der Waals surface area contributed by atoms with E-state index in [2.05, 4.69) is 20.6 Å². The third-order valence-corrected chi connectivity index (χ3v) is 15.7. The lowest BCUT2D eigenvalue weighted by Crippen LogP contribution is -2.27. The molecular formula is C25H48N4O8S10. The van der Waals surface area contributed by atoms with Crippen LogP contribution >= 0.6 is 106 Å². The molecule has 0 bridgehead atoms. The lowest BCUT2D eigenvalue weighted by atomic mass is 10.7. The maximum absolute atomic E-state index is 12.1. The van der Waals surface area contributed by atoms with Gasteiger partial charge in [-0.2, -0.15) is 28.4 Å². The Morgan fingerprint density at radius 1 is 0.681 bits per heavy atom. The Hall–Kier alpha value is 1.06. The van der Waals surface area contributed by atoms with Crippen molar-refractivity contribution in [2.75, 3.05) is 124 Å². The van der Waals surface area contributed by atoms with E-state index in [1.54, 1.807) is 94.1 Å². The highest BCUT2D eigenvalue weighted by atomic mass is 32.3. The number of aliphatic hydroxyl groups is 2. The normalized spacial score (nSPS) is 12.1. The van der Waals surface area contributed by atoms with Gasteiger partial charge >= 0.3 is 6.09 Å². The number of aliphatic imine (C=N–C) groups is 2. The number of nitrogens with one attached hydrogen (secondary N) is 2. The van der Waals surface area contributed by atoms with E-state index < -0.39 is 16.9 Å². The van der Waals surface area contributed by atoms with Crippen molar-refractivity contribution in [2.24, 2.45) is 9.98 Å². The molecule has 0 rings (SSSR count). The molecule has 1 atom stereocenters. The molecule has 0 aliphatic heterocycles. The summed E-state index contributed by atoms with van der Waals surface area (Å²) < 4.78 is 17.1. The van der Waals surface area contributed by atoms with Gasteiger partial charge in [-0.25, -0.2) is 4.79 Å². The predicted octanol–water partition coefficient (Wildman–Crippen LogP) is 4.55. The molecule has 0 radical (unpaired) electrons. The molecule has 0 aliphatic rings. The van der Waals surface area contributed by atoms with Gasteiger partial charge in [0.25, 0.3) is 5.24 Å². The second kappa shape index (κ2) is 41.5. The van der Waals surface area contributed by atoms with Gasteiger partial charge in [-0.1, -0.05) is 11.8 Å². The van der Waals surface area contributed by atoms with E-state index in [0.717, 1.165) is 44.0 Å². The number of hydrogen-bond donors (Lipinski definition) is 4. The standard InChI is InChI=1S/C25H48N4O8S10/c30-5-13-38-15-7-35-24(32)28-3-11-42-20-41-10-2-27-18-47(34)23-45-21-44-22-46-25(33)29-4-12-43-19-40-9-1-26-17-37-36-8-16-39-14-6-31/h17-18,30-31H,1-16,19-23H2,(H,28,32)(H,29,33). The summed E-state index contributed by atoms with van der Waals surface area (Å²) in [6.45, 7) is 3.55. The van der Waals surface area contributed by atoms with Crippen molar-refractivity contribution in [3.05, 3.63) is 0 Å². The van der Waals surface area contributed by atoms with Crippen molar-refractivity contribution < 1.29 is 38.5 Å². The van der Waals surface area contributed by atoms with Crippen LogP contribution in [-0.2, 0) is 25.3 Å². The molecule has 0 spiro atoms. The molecular weight excluding hydrogens is 805 g/mol. The first-order valence-electron chi connectivity index (χ1n) is 14.4. The first-order valence-corrected chi connectivity index (χ1v) is 26.0. The van der Waals surface area contributed by atoms with Crippen LogP contribution in [0.1, 0.15) is 0 Å². The highest BCUT2D eigenvalue weighted by Crippen LogP contribution is 2.19. The largest absolute Gasteiger partial charge is 0.449 e. The number of carbonyl (C=O) groups excluding carboxylic acids is 2. The monoisotopic (exact) mass is 852 g/mol. The summed E-state index contributed by atoms with van der Waals surface area (Å²) in [7, 11) is -1.10. The van der Waals surface area contributed by atoms with Crippen LogP contribution in [0.2, 0.25) is 0 Å². The summed E-state index contributed by atoms with van der Waals surface area (Å²) >= 11 is 14.6. The molecule has 0 fully saturated rings. The van der Waals surface area contributed by atoms with Crippen LogP contribution < -0.4 is 10.6 Å². The number of nitrogens with zero attached hydrogens (tertiary/aromatic N) is 2. The van der Waals surface area contributed by atoms with Crippen LogP contribution in [-0.4, -0.2) is 162 Å². The number of aliphatic hydroxyl groups excluding tert-OH is 2. The maximum atomic E-state index is 12.1. The number of amides is 2. The van der Waals surface area contributed by atoms with Gasteiger partial charge in [0.2, 0.25) is 6.40 Å². The van der Waals surface area contributed by atoms with Crippen molar-refractivity contribution in [1.29, 1.82) is 0 Å². The van der Waals surface area contributed by atoms with E-state index in [1.807, 2.05) is 0 Å². The second-order valence-corrected chi connectivity index (χ2v) is 20.9. The highest BCUT2D eigenvalue weighted by Gasteiger charge is 2.03. The van der Waals surface area contributed by atoms with Gasteiger partial charge in [-0.3, -0.25) is 19.0 Å². The van der Waals surface area contributed by atoms with Crippen molar-refractivity contribution in [2.45, 2.75) is 0 Å². The lowest BCUT2D eigenvalue weighted by Gasteiger charge is -2.06. The Bertz CT molecular complexity index is 813. The molecule has 0 saturated carbocycles. The van der Waals surface area contributed by atoms with Crippen molar-refractivity contribution in [3.63, 3.8) is 0 Å². The quantitative estimate of drug-likeness (QED) is 0.0175. The van der Waals surface area contributed by atoms with Gasteiger partial charge in [-0.05, 0) is 0 Å². The summed E-state index contributed by atoms with van der Waals surface area (Å²) in [4.78, 5) is 41.6. The SMILES string of the molecule is O=C(NCCSCSCCN=CS(=O)CSCSCSC(=O)NCCSCSCCN=COOCCSCCO)OCCSCCO. The molecule has 12 nitrogen and oxygen atoms in total. The lowest BCUT2D eigenvalue weighted by molar-refractivity contribution is -0.210. The van der Waals surface area contributed by atoms with Gasteiger partial charge < -0.3 is 30.5 Å². The minimum atomic E-state index is -1.10. The summed E-state index contributed by atoms with van der Waals surface area (Å²) in [6, 6.07) is 0. The van der Waals surface area contributed by atoms with E-state index in [-0.39, 0.29) is 18.5 Å². The van der Waals surface area contributed by atoms with Gasteiger partial charge in [0.05, 0.1) is 41.2 Å². The van der Waals surface area contributed by atoms with Crippen LogP contribution in [0.15, 0.2) is 9.98 Å². The molecule has 276 valence electrons. The number of hydrogen-bond acceptors (Lipinski definition) is 19. The van der Waals surface area contributed by atoms with E-state index in [0.29, 0.717) is 66.8 Å². The molecule has 0 aliphatic carbocycles. The molecule has 0 saturated heterocycles. The average Bonchev–Trinajstić information content (AvgIpc) is 3.06. The fraction of sp³-hybridized carbons (Fsp3) is 0.840. The molecule has 4 N–H and O–H groups in total. The fourth-order valence-corrected chi connectivity index (χ4v) is 11.6. The number of thioether (sulfide) groups is 9. The van der Waals surface area contributed by atoms with Crippen molar-refractivity contribution >= 4 is 140 Å². The van der Waals surface area contributed by atoms with E-state index in [9.17, 15) is 13.8 Å². The first kappa shape index (κ1) is 48.1. The predicted molar refractivity (Wildman–Crippen MR) is 220 cm³/mol.